The number of ether oxygens (including phenoxy) is 1. The lowest BCUT2D eigenvalue weighted by atomic mass is 10.1. The fourth-order valence-corrected chi connectivity index (χ4v) is 2.21. The van der Waals surface area contributed by atoms with Crippen LogP contribution in [-0.4, -0.2) is 23.1 Å². The number of nitrogens with one attached hydrogen (secondary N) is 1. The lowest BCUT2D eigenvalue weighted by Crippen LogP contribution is -2.25. The van der Waals surface area contributed by atoms with Crippen LogP contribution < -0.4 is 10.2 Å². The van der Waals surface area contributed by atoms with Crippen molar-refractivity contribution in [1.82, 2.24) is 5.43 Å². The zero-order valence-corrected chi connectivity index (χ0v) is 14.4. The molecule has 1 N–H and O–H groups in total. The largest absolute Gasteiger partial charge is 0.483 e. The molecule has 2 rings (SSSR count). The summed E-state index contributed by atoms with van der Waals surface area (Å²) in [6.07, 6.45) is 0. The van der Waals surface area contributed by atoms with E-state index in [1.54, 1.807) is 37.3 Å². The van der Waals surface area contributed by atoms with E-state index in [0.29, 0.717) is 22.0 Å². The normalized spacial score (nSPS) is 11.1. The number of amides is 1. The Morgan fingerprint density at radius 2 is 1.96 bits per heavy atom. The van der Waals surface area contributed by atoms with Crippen molar-refractivity contribution < 1.29 is 14.5 Å². The lowest BCUT2D eigenvalue weighted by Gasteiger charge is -2.08. The standard InChI is InChI=1S/C17H16ClN3O4/c1-11-9-14(18)5-8-16(11)25-10-17(22)20-19-12(2)13-3-6-15(7-4-13)21(23)24/h3-9H,10H2,1-2H3,(H,20,22)/b19-12+. The summed E-state index contributed by atoms with van der Waals surface area (Å²) in [6.45, 7) is 3.32. The second kappa shape index (κ2) is 8.25. The maximum atomic E-state index is 11.8. The molecule has 0 saturated heterocycles. The Labute approximate surface area is 149 Å². The van der Waals surface area contributed by atoms with Crippen LogP contribution >= 0.6 is 11.6 Å². The Hall–Kier alpha value is -2.93. The van der Waals surface area contributed by atoms with Crippen LogP contribution in [0.4, 0.5) is 5.69 Å². The minimum atomic E-state index is -0.478. The summed E-state index contributed by atoms with van der Waals surface area (Å²) >= 11 is 5.86. The second-order valence-electron chi connectivity index (χ2n) is 5.23. The number of hydrogen-bond acceptors (Lipinski definition) is 5. The van der Waals surface area contributed by atoms with Gasteiger partial charge in [0, 0.05) is 17.2 Å². The predicted molar refractivity (Wildman–Crippen MR) is 95.1 cm³/mol. The van der Waals surface area contributed by atoms with Crippen molar-refractivity contribution in [2.75, 3.05) is 6.61 Å². The van der Waals surface area contributed by atoms with Gasteiger partial charge in [0.05, 0.1) is 10.6 Å². The van der Waals surface area contributed by atoms with Crippen molar-refractivity contribution in [2.24, 2.45) is 5.10 Å². The van der Waals surface area contributed by atoms with E-state index >= 15 is 0 Å². The molecule has 8 heteroatoms. The summed E-state index contributed by atoms with van der Waals surface area (Å²) in [6, 6.07) is 11.0. The first-order valence-corrected chi connectivity index (χ1v) is 7.71. The van der Waals surface area contributed by atoms with Gasteiger partial charge in [-0.15, -0.1) is 0 Å². The molecule has 7 nitrogen and oxygen atoms in total. The summed E-state index contributed by atoms with van der Waals surface area (Å²) in [5, 5.41) is 15.2. The van der Waals surface area contributed by atoms with E-state index in [2.05, 4.69) is 10.5 Å². The molecule has 0 bridgehead atoms. The van der Waals surface area contributed by atoms with E-state index in [1.165, 1.54) is 12.1 Å². The van der Waals surface area contributed by atoms with Crippen molar-refractivity contribution >= 4 is 28.9 Å². The molecule has 0 spiro atoms. The number of halogens is 1. The highest BCUT2D eigenvalue weighted by Crippen LogP contribution is 2.21. The molecule has 0 unspecified atom stereocenters. The summed E-state index contributed by atoms with van der Waals surface area (Å²) in [7, 11) is 0. The molecule has 130 valence electrons. The smallest absolute Gasteiger partial charge is 0.277 e. The molecular formula is C17H16ClN3O4. The highest BCUT2D eigenvalue weighted by Gasteiger charge is 2.07. The molecule has 2 aromatic rings. The molecule has 25 heavy (non-hydrogen) atoms. The monoisotopic (exact) mass is 361 g/mol. The molecule has 0 aliphatic heterocycles. The van der Waals surface area contributed by atoms with Crippen molar-refractivity contribution in [1.29, 1.82) is 0 Å². The maximum Gasteiger partial charge on any atom is 0.277 e. The maximum absolute atomic E-state index is 11.8. The number of benzene rings is 2. The second-order valence-corrected chi connectivity index (χ2v) is 5.67. The van der Waals surface area contributed by atoms with Crippen LogP contribution in [0.2, 0.25) is 5.02 Å². The number of nitro benzene ring substituents is 1. The van der Waals surface area contributed by atoms with E-state index in [9.17, 15) is 14.9 Å². The Morgan fingerprint density at radius 1 is 1.28 bits per heavy atom. The zero-order chi connectivity index (χ0) is 18.4. The van der Waals surface area contributed by atoms with E-state index < -0.39 is 10.8 Å². The van der Waals surface area contributed by atoms with Gasteiger partial charge in [-0.1, -0.05) is 11.6 Å². The van der Waals surface area contributed by atoms with Gasteiger partial charge < -0.3 is 4.74 Å². The topological polar surface area (TPSA) is 93.8 Å². The highest BCUT2D eigenvalue weighted by atomic mass is 35.5. The molecule has 0 saturated carbocycles. The van der Waals surface area contributed by atoms with E-state index in [-0.39, 0.29) is 12.3 Å². The fourth-order valence-electron chi connectivity index (χ4n) is 1.99. The third kappa shape index (κ3) is 5.29. The third-order valence-corrected chi connectivity index (χ3v) is 3.58. The van der Waals surface area contributed by atoms with Crippen LogP contribution in [0.3, 0.4) is 0 Å². The number of non-ortho nitro benzene ring substituents is 1. The Balaban J connectivity index is 1.91. The van der Waals surface area contributed by atoms with Crippen LogP contribution in [0.15, 0.2) is 47.6 Å². The first kappa shape index (κ1) is 18.4. The molecule has 0 aliphatic carbocycles. The molecule has 0 atom stereocenters. The highest BCUT2D eigenvalue weighted by molar-refractivity contribution is 6.30. The summed E-state index contributed by atoms with van der Waals surface area (Å²) in [5.41, 5.74) is 4.39. The average Bonchev–Trinajstić information content (AvgIpc) is 2.59. The first-order chi connectivity index (χ1) is 11.9. The minimum absolute atomic E-state index is 0.00711. The number of aryl methyl sites for hydroxylation is 1. The van der Waals surface area contributed by atoms with Crippen molar-refractivity contribution in [2.45, 2.75) is 13.8 Å². The molecule has 0 radical (unpaired) electrons. The lowest BCUT2D eigenvalue weighted by molar-refractivity contribution is -0.384. The van der Waals surface area contributed by atoms with Crippen LogP contribution in [0.5, 0.6) is 5.75 Å². The van der Waals surface area contributed by atoms with Gasteiger partial charge in [0.25, 0.3) is 11.6 Å². The first-order valence-electron chi connectivity index (χ1n) is 7.33. The summed E-state index contributed by atoms with van der Waals surface area (Å²) in [4.78, 5) is 22.0. The molecule has 0 fully saturated rings. The minimum Gasteiger partial charge on any atom is -0.483 e. The molecule has 0 aliphatic rings. The van der Waals surface area contributed by atoms with Crippen molar-refractivity contribution in [3.8, 4) is 5.75 Å². The van der Waals surface area contributed by atoms with Crippen molar-refractivity contribution in [3.63, 3.8) is 0 Å². The van der Waals surface area contributed by atoms with Crippen LogP contribution in [0.1, 0.15) is 18.1 Å². The van der Waals surface area contributed by atoms with Crippen molar-refractivity contribution in [3.05, 3.63) is 68.7 Å². The number of nitro groups is 1. The third-order valence-electron chi connectivity index (χ3n) is 3.34. The van der Waals surface area contributed by atoms with Crippen LogP contribution in [0.25, 0.3) is 0 Å². The van der Waals surface area contributed by atoms with Gasteiger partial charge in [0.1, 0.15) is 5.75 Å². The van der Waals surface area contributed by atoms with Crippen LogP contribution in [0, 0.1) is 17.0 Å². The van der Waals surface area contributed by atoms with E-state index in [4.69, 9.17) is 16.3 Å². The predicted octanol–water partition coefficient (Wildman–Crippen LogP) is 3.48. The van der Waals surface area contributed by atoms with Gasteiger partial charge in [-0.2, -0.15) is 5.10 Å². The molecule has 1 amide bonds. The molecular weight excluding hydrogens is 346 g/mol. The summed E-state index contributed by atoms with van der Waals surface area (Å²) in [5.74, 6) is 0.145. The van der Waals surface area contributed by atoms with E-state index in [0.717, 1.165) is 5.56 Å². The molecule has 0 heterocycles. The van der Waals surface area contributed by atoms with Gasteiger partial charge in [-0.05, 0) is 55.3 Å². The molecule has 2 aromatic carbocycles. The summed E-state index contributed by atoms with van der Waals surface area (Å²) < 4.78 is 5.42. The van der Waals surface area contributed by atoms with Gasteiger partial charge in [0.15, 0.2) is 6.61 Å². The molecule has 0 aromatic heterocycles. The van der Waals surface area contributed by atoms with Gasteiger partial charge in [0.2, 0.25) is 0 Å². The number of carbonyl (C=O) groups excluding carboxylic acids is 1. The number of hydrazone groups is 1. The van der Waals surface area contributed by atoms with Crippen LogP contribution in [-0.2, 0) is 4.79 Å². The fraction of sp³-hybridized carbons (Fsp3) is 0.176. The average molecular weight is 362 g/mol. The number of hydrogen-bond donors (Lipinski definition) is 1. The van der Waals surface area contributed by atoms with Gasteiger partial charge in [-0.25, -0.2) is 5.43 Å². The quantitative estimate of drug-likeness (QED) is 0.484. The van der Waals surface area contributed by atoms with Gasteiger partial charge >= 0.3 is 0 Å². The zero-order valence-electron chi connectivity index (χ0n) is 13.7. The Kier molecular flexibility index (Phi) is 6.08. The van der Waals surface area contributed by atoms with E-state index in [1.807, 2.05) is 6.92 Å². The number of carbonyl (C=O) groups is 1. The Morgan fingerprint density at radius 3 is 2.56 bits per heavy atom. The SMILES string of the molecule is C/C(=N\NC(=O)COc1ccc(Cl)cc1C)c1ccc([N+](=O)[O-])cc1. The van der Waals surface area contributed by atoms with Gasteiger partial charge in [-0.3, -0.25) is 14.9 Å². The number of rotatable bonds is 6. The Bertz CT molecular complexity index is 819. The number of nitrogens with zero attached hydrogens (tertiary/aromatic N) is 2.